The summed E-state index contributed by atoms with van der Waals surface area (Å²) in [4.78, 5) is -1.13. The lowest BCUT2D eigenvalue weighted by Gasteiger charge is -2.18. The Morgan fingerprint density at radius 3 is 1.67 bits per heavy atom. The lowest BCUT2D eigenvalue weighted by molar-refractivity contribution is 0.274. The van der Waals surface area contributed by atoms with Crippen LogP contribution in [0.3, 0.4) is 0 Å². The third-order valence-electron chi connectivity index (χ3n) is 1.57. The predicted molar refractivity (Wildman–Crippen MR) is 45.9 cm³/mol. The fourth-order valence-corrected chi connectivity index (χ4v) is 3.74. The number of hydrogen-bond donors (Lipinski definition) is 0. The molecule has 0 amide bonds. The van der Waals surface area contributed by atoms with Crippen LogP contribution in [0.15, 0.2) is 0 Å². The maximum atomic E-state index is 11.5. The molecule has 12 heavy (non-hydrogen) atoms. The van der Waals surface area contributed by atoms with E-state index in [0.29, 0.717) is 0 Å². The molecule has 0 aromatic rings. The molecule has 0 N–H and O–H groups in total. The molecule has 0 aromatic carbocycles. The quantitative estimate of drug-likeness (QED) is 0.652. The van der Waals surface area contributed by atoms with E-state index in [1.165, 1.54) is 6.92 Å². The monoisotopic (exact) mass is 216 g/mol. The second-order valence-corrected chi connectivity index (χ2v) is 7.63. The molecule has 0 bridgehead atoms. The zero-order valence-electron chi connectivity index (χ0n) is 7.47. The molecule has 0 unspecified atom stereocenters. The summed E-state index contributed by atoms with van der Waals surface area (Å²) in [5, 5.41) is 0. The molecule has 0 radical (unpaired) electrons. The van der Waals surface area contributed by atoms with Gasteiger partial charge in [-0.3, -0.25) is 4.57 Å². The molecule has 0 rings (SSSR count). The number of sulfone groups is 1. The van der Waals surface area contributed by atoms with Crippen molar-refractivity contribution in [2.45, 2.75) is 11.9 Å². The van der Waals surface area contributed by atoms with Gasteiger partial charge in [-0.2, -0.15) is 0 Å². The Balaban J connectivity index is 4.92. The first-order chi connectivity index (χ1) is 5.28. The van der Waals surface area contributed by atoms with Gasteiger partial charge in [-0.15, -0.1) is 0 Å². The standard InChI is InChI=1S/C5H13O5PS/c1-5(12(4,7)8)11(6,9-2)10-3/h5H,1-4H3/t5-/m0/s1. The van der Waals surface area contributed by atoms with Crippen LogP contribution in [0.4, 0.5) is 0 Å². The summed E-state index contributed by atoms with van der Waals surface area (Å²) in [5.74, 6) is 0. The summed E-state index contributed by atoms with van der Waals surface area (Å²) in [6, 6.07) is 0. The molecule has 0 saturated carbocycles. The van der Waals surface area contributed by atoms with E-state index in [1.807, 2.05) is 0 Å². The maximum absolute atomic E-state index is 11.5. The number of rotatable bonds is 4. The normalized spacial score (nSPS) is 16.0. The van der Waals surface area contributed by atoms with Gasteiger partial charge >= 0.3 is 7.60 Å². The van der Waals surface area contributed by atoms with Gasteiger partial charge in [-0.1, -0.05) is 0 Å². The van der Waals surface area contributed by atoms with Gasteiger partial charge in [-0.25, -0.2) is 8.42 Å². The van der Waals surface area contributed by atoms with Crippen LogP contribution < -0.4 is 0 Å². The summed E-state index contributed by atoms with van der Waals surface area (Å²) in [6.07, 6.45) is 0.988. The lowest BCUT2D eigenvalue weighted by Crippen LogP contribution is -2.17. The van der Waals surface area contributed by atoms with Crippen LogP contribution in [0.1, 0.15) is 6.92 Å². The Labute approximate surface area is 72.5 Å². The fourth-order valence-electron chi connectivity index (χ4n) is 0.606. The largest absolute Gasteiger partial charge is 0.347 e. The van der Waals surface area contributed by atoms with Crippen molar-refractivity contribution in [3.63, 3.8) is 0 Å². The van der Waals surface area contributed by atoms with Gasteiger partial charge in [-0.05, 0) is 6.92 Å². The molecule has 0 aliphatic heterocycles. The van der Waals surface area contributed by atoms with Gasteiger partial charge in [0, 0.05) is 20.5 Å². The predicted octanol–water partition coefficient (Wildman–Crippen LogP) is 0.863. The molecule has 0 aliphatic rings. The Kier molecular flexibility index (Phi) is 3.90. The van der Waals surface area contributed by atoms with Crippen molar-refractivity contribution in [2.24, 2.45) is 0 Å². The fraction of sp³-hybridized carbons (Fsp3) is 1.00. The molecule has 74 valence electrons. The molecule has 0 spiro atoms. The van der Waals surface area contributed by atoms with Crippen molar-refractivity contribution in [1.82, 2.24) is 0 Å². The summed E-state index contributed by atoms with van der Waals surface area (Å²) in [5.41, 5.74) is 0. The van der Waals surface area contributed by atoms with Crippen LogP contribution >= 0.6 is 7.60 Å². The van der Waals surface area contributed by atoms with E-state index in [4.69, 9.17) is 0 Å². The van der Waals surface area contributed by atoms with Gasteiger partial charge in [0.2, 0.25) is 0 Å². The zero-order chi connectivity index (χ0) is 9.99. The summed E-state index contributed by atoms with van der Waals surface area (Å²) in [7, 11) is -4.56. The molecule has 5 nitrogen and oxygen atoms in total. The van der Waals surface area contributed by atoms with E-state index >= 15 is 0 Å². The average molecular weight is 216 g/mol. The van der Waals surface area contributed by atoms with E-state index in [9.17, 15) is 13.0 Å². The first-order valence-corrected chi connectivity index (χ1v) is 6.74. The van der Waals surface area contributed by atoms with Crippen molar-refractivity contribution < 1.29 is 22.0 Å². The highest BCUT2D eigenvalue weighted by Gasteiger charge is 2.37. The van der Waals surface area contributed by atoms with Crippen molar-refractivity contribution in [3.05, 3.63) is 0 Å². The van der Waals surface area contributed by atoms with Crippen LogP contribution in [0.2, 0.25) is 0 Å². The zero-order valence-corrected chi connectivity index (χ0v) is 9.18. The average Bonchev–Trinajstić information content (AvgIpc) is 2.00. The lowest BCUT2D eigenvalue weighted by atomic mass is 11.0. The van der Waals surface area contributed by atoms with Crippen LogP contribution in [0.5, 0.6) is 0 Å². The number of hydrogen-bond acceptors (Lipinski definition) is 5. The second kappa shape index (κ2) is 3.87. The molecule has 0 aliphatic carbocycles. The van der Waals surface area contributed by atoms with E-state index in [-0.39, 0.29) is 0 Å². The Morgan fingerprint density at radius 1 is 1.25 bits per heavy atom. The topological polar surface area (TPSA) is 69.7 Å². The second-order valence-electron chi connectivity index (χ2n) is 2.33. The SMILES string of the molecule is COP(=O)(OC)[C@H](C)S(C)(=O)=O. The Hall–Kier alpha value is 0.100. The highest BCUT2D eigenvalue weighted by Crippen LogP contribution is 2.53. The molecule has 0 saturated heterocycles. The van der Waals surface area contributed by atoms with Crippen LogP contribution in [0.25, 0.3) is 0 Å². The smallest absolute Gasteiger partial charge is 0.311 e. The van der Waals surface area contributed by atoms with E-state index < -0.39 is 22.4 Å². The maximum Gasteiger partial charge on any atom is 0.347 e. The summed E-state index contributed by atoms with van der Waals surface area (Å²) in [6.45, 7) is 1.29. The van der Waals surface area contributed by atoms with Crippen molar-refractivity contribution in [1.29, 1.82) is 0 Å². The minimum Gasteiger partial charge on any atom is -0.311 e. The van der Waals surface area contributed by atoms with E-state index in [2.05, 4.69) is 9.05 Å². The van der Waals surface area contributed by atoms with Crippen LogP contribution in [-0.2, 0) is 23.4 Å². The van der Waals surface area contributed by atoms with Crippen LogP contribution in [0, 0.1) is 0 Å². The third-order valence-corrected chi connectivity index (χ3v) is 6.65. The summed E-state index contributed by atoms with van der Waals surface area (Å²) < 4.78 is 42.5. The van der Waals surface area contributed by atoms with Gasteiger partial charge in [0.05, 0.1) is 0 Å². The third kappa shape index (κ3) is 2.55. The highest BCUT2D eigenvalue weighted by atomic mass is 32.2. The first kappa shape index (κ1) is 12.1. The molecule has 0 aromatic heterocycles. The molecular formula is C5H13O5PS. The van der Waals surface area contributed by atoms with E-state index in [1.54, 1.807) is 0 Å². The highest BCUT2D eigenvalue weighted by molar-refractivity contribution is 7.97. The molecule has 7 heteroatoms. The van der Waals surface area contributed by atoms with Crippen molar-refractivity contribution in [3.8, 4) is 0 Å². The van der Waals surface area contributed by atoms with Gasteiger partial charge in [0.25, 0.3) is 0 Å². The van der Waals surface area contributed by atoms with Gasteiger partial charge in [0.15, 0.2) is 14.8 Å². The van der Waals surface area contributed by atoms with Crippen molar-refractivity contribution >= 4 is 17.4 Å². The van der Waals surface area contributed by atoms with Crippen LogP contribution in [-0.4, -0.2) is 33.9 Å². The van der Waals surface area contributed by atoms with Crippen molar-refractivity contribution in [2.75, 3.05) is 20.5 Å². The Morgan fingerprint density at radius 2 is 1.58 bits per heavy atom. The van der Waals surface area contributed by atoms with E-state index in [0.717, 1.165) is 20.5 Å². The molecule has 1 atom stereocenters. The first-order valence-electron chi connectivity index (χ1n) is 3.18. The minimum absolute atomic E-state index is 0.988. The molecule has 0 heterocycles. The molecule has 0 fully saturated rings. The Bertz CT molecular complexity index is 274. The van der Waals surface area contributed by atoms with Gasteiger partial charge in [0.1, 0.15) is 0 Å². The minimum atomic E-state index is -3.48. The summed E-state index contributed by atoms with van der Waals surface area (Å²) >= 11 is 0. The van der Waals surface area contributed by atoms with Gasteiger partial charge < -0.3 is 9.05 Å². The molecular weight excluding hydrogens is 203 g/mol.